The van der Waals surface area contributed by atoms with Crippen LogP contribution in [-0.2, 0) is 4.79 Å². The van der Waals surface area contributed by atoms with Gasteiger partial charge >= 0.3 is 0 Å². The second-order valence-electron chi connectivity index (χ2n) is 7.02. The monoisotopic (exact) mass is 399 g/mol. The quantitative estimate of drug-likeness (QED) is 0.770. The van der Waals surface area contributed by atoms with Gasteiger partial charge in [0.25, 0.3) is 0 Å². The Kier molecular flexibility index (Phi) is 6.60. The van der Waals surface area contributed by atoms with Crippen molar-refractivity contribution in [1.82, 2.24) is 4.90 Å². The number of aryl methyl sites for hydroxylation is 1. The van der Waals surface area contributed by atoms with E-state index < -0.39 is 0 Å². The third kappa shape index (κ3) is 5.06. The molecule has 5 nitrogen and oxygen atoms in total. The van der Waals surface area contributed by atoms with Gasteiger partial charge in [-0.2, -0.15) is 0 Å². The van der Waals surface area contributed by atoms with Crippen LogP contribution in [0.3, 0.4) is 0 Å². The topological polar surface area (TPSA) is 44.8 Å². The number of anilines is 2. The Morgan fingerprint density at radius 2 is 1.89 bits per heavy atom. The minimum atomic E-state index is -0.207. The first-order valence-corrected chi connectivity index (χ1v) is 9.71. The van der Waals surface area contributed by atoms with Crippen LogP contribution in [0.25, 0.3) is 6.08 Å². The average molecular weight is 400 g/mol. The Morgan fingerprint density at radius 1 is 1.14 bits per heavy atom. The number of hydrogen-bond donors (Lipinski definition) is 1. The van der Waals surface area contributed by atoms with E-state index in [-0.39, 0.29) is 5.91 Å². The summed E-state index contributed by atoms with van der Waals surface area (Å²) in [4.78, 5) is 17.1. The van der Waals surface area contributed by atoms with E-state index in [1.807, 2.05) is 37.3 Å². The number of nitrogens with zero attached hydrogens (tertiary/aromatic N) is 2. The first-order valence-electron chi connectivity index (χ1n) is 9.33. The van der Waals surface area contributed by atoms with Crippen molar-refractivity contribution in [3.05, 3.63) is 58.6 Å². The van der Waals surface area contributed by atoms with Crippen molar-refractivity contribution in [3.8, 4) is 5.75 Å². The van der Waals surface area contributed by atoms with Crippen LogP contribution in [0, 0.1) is 6.92 Å². The number of benzene rings is 2. The Balaban J connectivity index is 1.77. The SMILES string of the molecule is COc1ccc(C)cc1/C=C/C(=O)Nc1cc(Cl)ccc1N1CCN(C)CC1. The molecular formula is C22H26ClN3O2. The van der Waals surface area contributed by atoms with Crippen LogP contribution >= 0.6 is 11.6 Å². The highest BCUT2D eigenvalue weighted by molar-refractivity contribution is 6.31. The molecule has 1 N–H and O–H groups in total. The molecule has 0 radical (unpaired) electrons. The number of nitrogens with one attached hydrogen (secondary N) is 1. The number of piperazine rings is 1. The predicted octanol–water partition coefficient (Wildman–Crippen LogP) is 4.06. The molecule has 0 aliphatic carbocycles. The van der Waals surface area contributed by atoms with Crippen molar-refractivity contribution < 1.29 is 9.53 Å². The van der Waals surface area contributed by atoms with E-state index in [9.17, 15) is 4.79 Å². The summed E-state index contributed by atoms with van der Waals surface area (Å²) in [6.45, 7) is 5.81. The minimum absolute atomic E-state index is 0.207. The number of methoxy groups -OCH3 is 1. The molecule has 0 aromatic heterocycles. The number of likely N-dealkylation sites (N-methyl/N-ethyl adjacent to an activating group) is 1. The van der Waals surface area contributed by atoms with E-state index in [4.69, 9.17) is 16.3 Å². The zero-order valence-electron chi connectivity index (χ0n) is 16.5. The molecule has 28 heavy (non-hydrogen) atoms. The summed E-state index contributed by atoms with van der Waals surface area (Å²) in [7, 11) is 3.74. The van der Waals surface area contributed by atoms with Gasteiger partial charge in [0.2, 0.25) is 5.91 Å². The van der Waals surface area contributed by atoms with E-state index in [1.54, 1.807) is 19.3 Å². The fraction of sp³-hybridized carbons (Fsp3) is 0.318. The average Bonchev–Trinajstić information content (AvgIpc) is 2.67. The Bertz CT molecular complexity index is 874. The third-order valence-corrected chi connectivity index (χ3v) is 5.10. The molecule has 1 amide bonds. The van der Waals surface area contributed by atoms with Crippen molar-refractivity contribution in [1.29, 1.82) is 0 Å². The lowest BCUT2D eigenvalue weighted by Gasteiger charge is -2.35. The van der Waals surface area contributed by atoms with Crippen LogP contribution < -0.4 is 15.0 Å². The van der Waals surface area contributed by atoms with Crippen LogP contribution in [0.15, 0.2) is 42.5 Å². The molecular weight excluding hydrogens is 374 g/mol. The zero-order valence-corrected chi connectivity index (χ0v) is 17.3. The van der Waals surface area contributed by atoms with Gasteiger partial charge in [-0.3, -0.25) is 4.79 Å². The molecule has 2 aromatic carbocycles. The highest BCUT2D eigenvalue weighted by Gasteiger charge is 2.18. The molecule has 1 aliphatic rings. The number of ether oxygens (including phenoxy) is 1. The first-order chi connectivity index (χ1) is 13.5. The summed E-state index contributed by atoms with van der Waals surface area (Å²) in [5, 5.41) is 3.57. The molecule has 0 spiro atoms. The molecule has 1 saturated heterocycles. The number of hydrogen-bond acceptors (Lipinski definition) is 4. The maximum Gasteiger partial charge on any atom is 0.248 e. The first kappa shape index (κ1) is 20.2. The van der Waals surface area contributed by atoms with Crippen molar-refractivity contribution in [2.75, 3.05) is 50.6 Å². The summed E-state index contributed by atoms with van der Waals surface area (Å²) in [6.07, 6.45) is 3.28. The maximum absolute atomic E-state index is 12.6. The van der Waals surface area contributed by atoms with Crippen LogP contribution in [0.1, 0.15) is 11.1 Å². The van der Waals surface area contributed by atoms with Crippen LogP contribution in [0.4, 0.5) is 11.4 Å². The molecule has 0 bridgehead atoms. The number of carbonyl (C=O) groups excluding carboxylic acids is 1. The smallest absolute Gasteiger partial charge is 0.248 e. The summed E-state index contributed by atoms with van der Waals surface area (Å²) in [5.41, 5.74) is 3.69. The van der Waals surface area contributed by atoms with Gasteiger partial charge in [-0.25, -0.2) is 0 Å². The molecule has 3 rings (SSSR count). The van der Waals surface area contributed by atoms with Gasteiger partial charge in [0.15, 0.2) is 0 Å². The van der Waals surface area contributed by atoms with Crippen molar-refractivity contribution >= 4 is 35.0 Å². The molecule has 148 valence electrons. The Hall–Kier alpha value is -2.50. The van der Waals surface area contributed by atoms with E-state index in [2.05, 4.69) is 22.2 Å². The van der Waals surface area contributed by atoms with Gasteiger partial charge in [-0.05, 0) is 50.4 Å². The normalized spacial score (nSPS) is 15.1. The van der Waals surface area contributed by atoms with Crippen LogP contribution in [0.2, 0.25) is 5.02 Å². The molecule has 0 saturated carbocycles. The highest BCUT2D eigenvalue weighted by Crippen LogP contribution is 2.30. The number of amides is 1. The van der Waals surface area contributed by atoms with E-state index in [0.717, 1.165) is 54.4 Å². The molecule has 1 fully saturated rings. The van der Waals surface area contributed by atoms with Gasteiger partial charge in [0.05, 0.1) is 18.5 Å². The number of carbonyl (C=O) groups is 1. The van der Waals surface area contributed by atoms with E-state index in [1.165, 1.54) is 6.08 Å². The van der Waals surface area contributed by atoms with Gasteiger partial charge in [0.1, 0.15) is 5.75 Å². The maximum atomic E-state index is 12.6. The van der Waals surface area contributed by atoms with Gasteiger partial charge in [-0.15, -0.1) is 0 Å². The van der Waals surface area contributed by atoms with Crippen molar-refractivity contribution in [2.24, 2.45) is 0 Å². The number of rotatable bonds is 5. The van der Waals surface area contributed by atoms with Crippen molar-refractivity contribution in [3.63, 3.8) is 0 Å². The molecule has 2 aromatic rings. The van der Waals surface area contributed by atoms with Crippen LogP contribution in [0.5, 0.6) is 5.75 Å². The van der Waals surface area contributed by atoms with Gasteiger partial charge in [-0.1, -0.05) is 23.2 Å². The van der Waals surface area contributed by atoms with E-state index in [0.29, 0.717) is 5.02 Å². The Labute approximate surface area is 171 Å². The minimum Gasteiger partial charge on any atom is -0.496 e. The molecule has 1 heterocycles. The van der Waals surface area contributed by atoms with Gasteiger partial charge in [0, 0.05) is 42.8 Å². The molecule has 1 aliphatic heterocycles. The second kappa shape index (κ2) is 9.13. The van der Waals surface area contributed by atoms with Crippen LogP contribution in [-0.4, -0.2) is 51.1 Å². The summed E-state index contributed by atoms with van der Waals surface area (Å²) < 4.78 is 5.36. The lowest BCUT2D eigenvalue weighted by molar-refractivity contribution is -0.111. The summed E-state index contributed by atoms with van der Waals surface area (Å²) >= 11 is 6.18. The fourth-order valence-corrected chi connectivity index (χ4v) is 3.43. The second-order valence-corrected chi connectivity index (χ2v) is 7.46. The third-order valence-electron chi connectivity index (χ3n) is 4.86. The molecule has 0 unspecified atom stereocenters. The summed E-state index contributed by atoms with van der Waals surface area (Å²) in [5.74, 6) is 0.525. The molecule has 6 heteroatoms. The lowest BCUT2D eigenvalue weighted by Crippen LogP contribution is -2.44. The lowest BCUT2D eigenvalue weighted by atomic mass is 10.1. The van der Waals surface area contributed by atoms with Crippen molar-refractivity contribution in [2.45, 2.75) is 6.92 Å². The highest BCUT2D eigenvalue weighted by atomic mass is 35.5. The number of halogens is 1. The zero-order chi connectivity index (χ0) is 20.1. The molecule has 0 atom stereocenters. The van der Waals surface area contributed by atoms with E-state index >= 15 is 0 Å². The van der Waals surface area contributed by atoms with Gasteiger partial charge < -0.3 is 19.9 Å². The standard InChI is InChI=1S/C22H26ClN3O2/c1-16-4-8-21(28-3)17(14-16)5-9-22(27)24-19-15-18(23)6-7-20(19)26-12-10-25(2)11-13-26/h4-9,14-15H,10-13H2,1-3H3,(H,24,27)/b9-5+. The Morgan fingerprint density at radius 3 is 2.61 bits per heavy atom. The summed E-state index contributed by atoms with van der Waals surface area (Å²) in [6, 6.07) is 11.5. The fourth-order valence-electron chi connectivity index (χ4n) is 3.26. The largest absolute Gasteiger partial charge is 0.496 e. The predicted molar refractivity (Wildman–Crippen MR) is 117 cm³/mol.